The van der Waals surface area contributed by atoms with Crippen LogP contribution in [0.25, 0.3) is 10.1 Å². The zero-order chi connectivity index (χ0) is 11.7. The van der Waals surface area contributed by atoms with E-state index in [0.717, 1.165) is 22.9 Å². The van der Waals surface area contributed by atoms with E-state index in [0.29, 0.717) is 12.4 Å². The Morgan fingerprint density at radius 1 is 1.53 bits per heavy atom. The average molecular weight is 248 g/mol. The number of thiophene rings is 1. The molecule has 1 fully saturated rings. The number of rotatable bonds is 2. The number of carbonyl (C=O) groups is 1. The standard InChI is InChI=1S/C12H12N2O2S/c15-12(9-2-1-6-16-9)14-11-8-4-7-17-10(8)3-5-13-11/h3-5,7,9H,1-2,6H2,(H,13,14,15)/t9-/m0/s1. The predicted octanol–water partition coefficient (Wildman–Crippen LogP) is 2.41. The molecule has 1 saturated heterocycles. The van der Waals surface area contributed by atoms with E-state index < -0.39 is 0 Å². The summed E-state index contributed by atoms with van der Waals surface area (Å²) >= 11 is 1.64. The van der Waals surface area contributed by atoms with Crippen molar-refractivity contribution in [3.8, 4) is 0 Å². The van der Waals surface area contributed by atoms with Crippen LogP contribution in [-0.4, -0.2) is 23.6 Å². The highest BCUT2D eigenvalue weighted by atomic mass is 32.1. The topological polar surface area (TPSA) is 51.2 Å². The van der Waals surface area contributed by atoms with Crippen LogP contribution in [0.3, 0.4) is 0 Å². The third-order valence-corrected chi connectivity index (χ3v) is 3.73. The second-order valence-electron chi connectivity index (χ2n) is 3.98. The van der Waals surface area contributed by atoms with Crippen molar-refractivity contribution in [3.05, 3.63) is 23.7 Å². The normalized spacial score (nSPS) is 19.6. The smallest absolute Gasteiger partial charge is 0.254 e. The van der Waals surface area contributed by atoms with Crippen LogP contribution in [0, 0.1) is 0 Å². The van der Waals surface area contributed by atoms with Gasteiger partial charge in [-0.1, -0.05) is 0 Å². The molecule has 5 heteroatoms. The van der Waals surface area contributed by atoms with Gasteiger partial charge in [-0.15, -0.1) is 11.3 Å². The Kier molecular flexibility index (Phi) is 2.78. The molecule has 0 bridgehead atoms. The molecule has 0 unspecified atom stereocenters. The maximum Gasteiger partial charge on any atom is 0.254 e. The molecular weight excluding hydrogens is 236 g/mol. The number of nitrogens with one attached hydrogen (secondary N) is 1. The third kappa shape index (κ3) is 2.03. The molecule has 2 aromatic heterocycles. The van der Waals surface area contributed by atoms with E-state index in [1.165, 1.54) is 0 Å². The first-order chi connectivity index (χ1) is 8.34. The predicted molar refractivity (Wildman–Crippen MR) is 67.2 cm³/mol. The van der Waals surface area contributed by atoms with Crippen LogP contribution >= 0.6 is 11.3 Å². The van der Waals surface area contributed by atoms with Crippen molar-refractivity contribution in [2.45, 2.75) is 18.9 Å². The van der Waals surface area contributed by atoms with Crippen LogP contribution in [0.15, 0.2) is 23.7 Å². The number of anilines is 1. The first kappa shape index (κ1) is 10.7. The first-order valence-electron chi connectivity index (χ1n) is 5.59. The summed E-state index contributed by atoms with van der Waals surface area (Å²) in [6.07, 6.45) is 3.15. The average Bonchev–Trinajstić information content (AvgIpc) is 3.00. The van der Waals surface area contributed by atoms with Crippen LogP contribution in [-0.2, 0) is 9.53 Å². The highest BCUT2D eigenvalue weighted by Gasteiger charge is 2.24. The highest BCUT2D eigenvalue weighted by Crippen LogP contribution is 2.26. The molecule has 3 rings (SSSR count). The van der Waals surface area contributed by atoms with Crippen molar-refractivity contribution in [1.29, 1.82) is 0 Å². The lowest BCUT2D eigenvalue weighted by molar-refractivity contribution is -0.124. The summed E-state index contributed by atoms with van der Waals surface area (Å²) in [6, 6.07) is 3.92. The molecule has 1 amide bonds. The van der Waals surface area contributed by atoms with Gasteiger partial charge in [0.2, 0.25) is 0 Å². The number of pyridine rings is 1. The van der Waals surface area contributed by atoms with Crippen molar-refractivity contribution < 1.29 is 9.53 Å². The Morgan fingerprint density at radius 2 is 2.47 bits per heavy atom. The van der Waals surface area contributed by atoms with Crippen LogP contribution in [0.5, 0.6) is 0 Å². The molecule has 0 radical (unpaired) electrons. The molecule has 1 atom stereocenters. The number of amides is 1. The Balaban J connectivity index is 1.84. The van der Waals surface area contributed by atoms with Gasteiger partial charge in [0.05, 0.1) is 0 Å². The Bertz CT molecular complexity index is 546. The highest BCUT2D eigenvalue weighted by molar-refractivity contribution is 7.17. The van der Waals surface area contributed by atoms with E-state index in [9.17, 15) is 4.79 Å². The number of hydrogen-bond acceptors (Lipinski definition) is 4. The maximum atomic E-state index is 11.9. The lowest BCUT2D eigenvalue weighted by Crippen LogP contribution is -2.27. The van der Waals surface area contributed by atoms with Gasteiger partial charge in [-0.05, 0) is 30.4 Å². The fourth-order valence-electron chi connectivity index (χ4n) is 1.98. The minimum atomic E-state index is -0.314. The summed E-state index contributed by atoms with van der Waals surface area (Å²) in [5.41, 5.74) is 0. The van der Waals surface area contributed by atoms with Gasteiger partial charge in [-0.25, -0.2) is 4.98 Å². The van der Waals surface area contributed by atoms with Crippen LogP contribution in [0.2, 0.25) is 0 Å². The summed E-state index contributed by atoms with van der Waals surface area (Å²) < 4.78 is 6.47. The van der Waals surface area contributed by atoms with Crippen molar-refractivity contribution in [2.24, 2.45) is 0 Å². The fraction of sp³-hybridized carbons (Fsp3) is 0.333. The van der Waals surface area contributed by atoms with Gasteiger partial charge in [0.1, 0.15) is 11.9 Å². The molecule has 88 valence electrons. The minimum Gasteiger partial charge on any atom is -0.368 e. The van der Waals surface area contributed by atoms with Gasteiger partial charge in [-0.3, -0.25) is 4.79 Å². The molecule has 1 aliphatic rings. The minimum absolute atomic E-state index is 0.0892. The molecule has 1 N–H and O–H groups in total. The lowest BCUT2D eigenvalue weighted by atomic mass is 10.2. The number of hydrogen-bond donors (Lipinski definition) is 1. The molecule has 3 heterocycles. The number of fused-ring (bicyclic) bond motifs is 1. The van der Waals surface area contributed by atoms with Gasteiger partial charge >= 0.3 is 0 Å². The van der Waals surface area contributed by atoms with Crippen molar-refractivity contribution in [1.82, 2.24) is 4.98 Å². The third-order valence-electron chi connectivity index (χ3n) is 2.84. The molecule has 0 aliphatic carbocycles. The van der Waals surface area contributed by atoms with Gasteiger partial charge in [0.15, 0.2) is 0 Å². The molecule has 0 aromatic carbocycles. The second-order valence-corrected chi connectivity index (χ2v) is 4.93. The molecule has 4 nitrogen and oxygen atoms in total. The molecule has 2 aromatic rings. The number of ether oxygens (including phenoxy) is 1. The van der Waals surface area contributed by atoms with E-state index in [1.807, 2.05) is 17.5 Å². The van der Waals surface area contributed by atoms with E-state index >= 15 is 0 Å². The quantitative estimate of drug-likeness (QED) is 0.888. The van der Waals surface area contributed by atoms with Crippen LogP contribution in [0.1, 0.15) is 12.8 Å². The molecule has 1 aliphatic heterocycles. The molecule has 0 spiro atoms. The van der Waals surface area contributed by atoms with E-state index in [4.69, 9.17) is 4.74 Å². The molecular formula is C12H12N2O2S. The molecule has 0 saturated carbocycles. The monoisotopic (exact) mass is 248 g/mol. The maximum absolute atomic E-state index is 11.9. The first-order valence-corrected chi connectivity index (χ1v) is 6.47. The van der Waals surface area contributed by atoms with E-state index in [1.54, 1.807) is 17.5 Å². The van der Waals surface area contributed by atoms with Gasteiger partial charge in [0, 0.05) is 22.9 Å². The van der Waals surface area contributed by atoms with Crippen molar-refractivity contribution in [2.75, 3.05) is 11.9 Å². The Hall–Kier alpha value is -1.46. The van der Waals surface area contributed by atoms with Gasteiger partial charge in [0.25, 0.3) is 5.91 Å². The van der Waals surface area contributed by atoms with E-state index in [2.05, 4.69) is 10.3 Å². The van der Waals surface area contributed by atoms with Crippen molar-refractivity contribution in [3.63, 3.8) is 0 Å². The summed E-state index contributed by atoms with van der Waals surface area (Å²) in [7, 11) is 0. The Labute approximate surface area is 103 Å². The number of aromatic nitrogens is 1. The fourth-order valence-corrected chi connectivity index (χ4v) is 2.76. The summed E-state index contributed by atoms with van der Waals surface area (Å²) in [4.78, 5) is 16.1. The molecule has 17 heavy (non-hydrogen) atoms. The number of nitrogens with zero attached hydrogens (tertiary/aromatic N) is 1. The largest absolute Gasteiger partial charge is 0.368 e. The summed E-state index contributed by atoms with van der Waals surface area (Å²) in [6.45, 7) is 0.675. The van der Waals surface area contributed by atoms with Crippen molar-refractivity contribution >= 4 is 33.1 Å². The van der Waals surface area contributed by atoms with E-state index in [-0.39, 0.29) is 12.0 Å². The van der Waals surface area contributed by atoms with Gasteiger partial charge < -0.3 is 10.1 Å². The number of carbonyl (C=O) groups excluding carboxylic acids is 1. The van der Waals surface area contributed by atoms with Crippen LogP contribution < -0.4 is 5.32 Å². The van der Waals surface area contributed by atoms with Gasteiger partial charge in [-0.2, -0.15) is 0 Å². The second kappa shape index (κ2) is 4.43. The zero-order valence-electron chi connectivity index (χ0n) is 9.18. The lowest BCUT2D eigenvalue weighted by Gasteiger charge is -2.10. The zero-order valence-corrected chi connectivity index (χ0v) is 10.00. The summed E-state index contributed by atoms with van der Waals surface area (Å²) in [5, 5.41) is 5.83. The van der Waals surface area contributed by atoms with Crippen LogP contribution in [0.4, 0.5) is 5.82 Å². The Morgan fingerprint density at radius 3 is 3.29 bits per heavy atom. The summed E-state index contributed by atoms with van der Waals surface area (Å²) in [5.74, 6) is 0.540. The SMILES string of the molecule is O=C(Nc1nccc2sccc12)[C@@H]1CCCO1.